The second kappa shape index (κ2) is 8.00. The molecule has 2 aliphatic carbocycles. The normalized spacial score (nSPS) is 26.6. The Kier molecular flexibility index (Phi) is 5.37. The number of carbonyl (C=O) groups is 2. The first-order valence-corrected chi connectivity index (χ1v) is 12.7. The van der Waals surface area contributed by atoms with E-state index in [2.05, 4.69) is 9.82 Å². The van der Waals surface area contributed by atoms with E-state index in [1.54, 1.807) is 30.2 Å². The maximum atomic E-state index is 13.4. The van der Waals surface area contributed by atoms with Gasteiger partial charge in [-0.1, -0.05) is 6.08 Å². The molecular weight excluding hydrogens is 446 g/mol. The van der Waals surface area contributed by atoms with Gasteiger partial charge in [-0.05, 0) is 44.8 Å². The number of aromatic nitrogens is 2. The van der Waals surface area contributed by atoms with Crippen LogP contribution in [0.1, 0.15) is 38.2 Å². The Bertz CT molecular complexity index is 1200. The zero-order valence-electron chi connectivity index (χ0n) is 18.7. The van der Waals surface area contributed by atoms with Crippen LogP contribution in [0.2, 0.25) is 0 Å². The number of allylic oxidation sites excluding steroid dienone is 1. The summed E-state index contributed by atoms with van der Waals surface area (Å²) in [5.41, 5.74) is 0.932. The van der Waals surface area contributed by atoms with Gasteiger partial charge in [0.2, 0.25) is 10.0 Å². The molecule has 2 fully saturated rings. The maximum Gasteiger partial charge on any atom is 0.501 e. The van der Waals surface area contributed by atoms with Gasteiger partial charge in [0, 0.05) is 31.0 Å². The predicted octanol–water partition coefficient (Wildman–Crippen LogP) is 0.852. The SMILES string of the molecule is Cn1cc(CN2C(=O)C3=CC(S(=O)(=O)NC4(C)CC4)C=CC3=[N+](CC3CCCO3)C2=O)cn1. The average Bonchev–Trinajstić information content (AvgIpc) is 3.14. The summed E-state index contributed by atoms with van der Waals surface area (Å²) in [5, 5.41) is 3.13. The Hall–Kier alpha value is -2.63. The number of rotatable bonds is 7. The Labute approximate surface area is 192 Å². The number of nitrogens with zero attached hydrogens (tertiary/aromatic N) is 4. The minimum absolute atomic E-state index is 0.0512. The molecular formula is C22H28N5O5S+. The Balaban J connectivity index is 1.51. The van der Waals surface area contributed by atoms with Crippen molar-refractivity contribution in [3.8, 4) is 0 Å². The molecule has 1 saturated heterocycles. The third-order valence-corrected chi connectivity index (χ3v) is 8.32. The highest BCUT2D eigenvalue weighted by Gasteiger charge is 2.48. The molecule has 0 bridgehead atoms. The number of urea groups is 1. The first-order chi connectivity index (χ1) is 15.7. The largest absolute Gasteiger partial charge is 0.501 e. The molecule has 33 heavy (non-hydrogen) atoms. The monoisotopic (exact) mass is 474 g/mol. The van der Waals surface area contributed by atoms with Crippen LogP contribution in [-0.4, -0.2) is 75.4 Å². The topological polar surface area (TPSA) is 114 Å². The van der Waals surface area contributed by atoms with Crippen molar-refractivity contribution in [3.63, 3.8) is 0 Å². The highest BCUT2D eigenvalue weighted by molar-refractivity contribution is 7.90. The van der Waals surface area contributed by atoms with Crippen LogP contribution >= 0.6 is 0 Å². The van der Waals surface area contributed by atoms with Crippen LogP contribution in [-0.2, 0) is 33.1 Å². The summed E-state index contributed by atoms with van der Waals surface area (Å²) in [6.07, 6.45) is 11.1. The van der Waals surface area contributed by atoms with Crippen LogP contribution in [0.4, 0.5) is 4.79 Å². The number of hydrogen-bond acceptors (Lipinski definition) is 6. The maximum absolute atomic E-state index is 13.4. The third kappa shape index (κ3) is 4.32. The molecule has 0 spiro atoms. The molecule has 3 heterocycles. The smallest absolute Gasteiger partial charge is 0.374 e. The van der Waals surface area contributed by atoms with Crippen molar-refractivity contribution in [2.75, 3.05) is 13.2 Å². The van der Waals surface area contributed by atoms with Crippen LogP contribution in [0.15, 0.2) is 36.2 Å². The van der Waals surface area contributed by atoms with Crippen molar-refractivity contribution in [2.45, 2.75) is 56.0 Å². The molecule has 1 aromatic heterocycles. The van der Waals surface area contributed by atoms with E-state index in [1.807, 2.05) is 6.92 Å². The van der Waals surface area contributed by atoms with Gasteiger partial charge in [0.15, 0.2) is 0 Å². The van der Waals surface area contributed by atoms with Gasteiger partial charge in [-0.15, -0.1) is 0 Å². The lowest BCUT2D eigenvalue weighted by molar-refractivity contribution is -0.448. The zero-order valence-corrected chi connectivity index (χ0v) is 19.5. The summed E-state index contributed by atoms with van der Waals surface area (Å²) in [4.78, 5) is 28.0. The van der Waals surface area contributed by atoms with Gasteiger partial charge < -0.3 is 4.74 Å². The second-order valence-electron chi connectivity index (χ2n) is 9.44. The Morgan fingerprint density at radius 1 is 1.33 bits per heavy atom. The number of amides is 3. The Morgan fingerprint density at radius 3 is 2.76 bits per heavy atom. The standard InChI is InChI=1S/C22H28N5O5S/c1-22(7-8-22)24-33(30,31)17-5-6-19-18(10-17)20(28)27(13-15-11-23-25(2)12-15)21(29)26(19)14-16-4-3-9-32-16/h5-6,10-12,16-17,24H,3-4,7-9,13-14H2,1-2H3/q+1. The molecule has 2 atom stereocenters. The lowest BCUT2D eigenvalue weighted by atomic mass is 9.99. The highest BCUT2D eigenvalue weighted by atomic mass is 32.2. The van der Waals surface area contributed by atoms with Crippen molar-refractivity contribution in [1.82, 2.24) is 19.4 Å². The van der Waals surface area contributed by atoms with Crippen molar-refractivity contribution >= 4 is 27.7 Å². The third-order valence-electron chi connectivity index (χ3n) is 6.54. The second-order valence-corrected chi connectivity index (χ2v) is 11.3. The summed E-state index contributed by atoms with van der Waals surface area (Å²) >= 11 is 0. The van der Waals surface area contributed by atoms with E-state index in [1.165, 1.54) is 16.7 Å². The fourth-order valence-electron chi connectivity index (χ4n) is 4.42. The first kappa shape index (κ1) is 22.2. The minimum atomic E-state index is -3.72. The van der Waals surface area contributed by atoms with E-state index in [-0.39, 0.29) is 18.2 Å². The highest BCUT2D eigenvalue weighted by Crippen LogP contribution is 2.36. The molecule has 5 rings (SSSR count). The molecule has 1 N–H and O–H groups in total. The molecule has 1 saturated carbocycles. The Morgan fingerprint density at radius 2 is 2.12 bits per heavy atom. The van der Waals surface area contributed by atoms with Crippen LogP contribution < -0.4 is 4.72 Å². The quantitative estimate of drug-likeness (QED) is 0.586. The van der Waals surface area contributed by atoms with E-state index >= 15 is 0 Å². The summed E-state index contributed by atoms with van der Waals surface area (Å²) in [6.45, 7) is 2.87. The number of sulfonamides is 1. The number of hydrogen-bond donors (Lipinski definition) is 1. The summed E-state index contributed by atoms with van der Waals surface area (Å²) in [6, 6.07) is -0.443. The van der Waals surface area contributed by atoms with Gasteiger partial charge >= 0.3 is 11.9 Å². The molecule has 0 aromatic carbocycles. The molecule has 3 amide bonds. The van der Waals surface area contributed by atoms with E-state index < -0.39 is 32.8 Å². The molecule has 11 heteroatoms. The zero-order chi connectivity index (χ0) is 23.4. The average molecular weight is 475 g/mol. The van der Waals surface area contributed by atoms with Crippen LogP contribution in [0.3, 0.4) is 0 Å². The first-order valence-electron chi connectivity index (χ1n) is 11.2. The van der Waals surface area contributed by atoms with Crippen molar-refractivity contribution in [3.05, 3.63) is 41.8 Å². The summed E-state index contributed by atoms with van der Waals surface area (Å²) < 4.78 is 37.6. The van der Waals surface area contributed by atoms with Gasteiger partial charge in [-0.2, -0.15) is 19.4 Å². The fourth-order valence-corrected chi connectivity index (χ4v) is 6.04. The van der Waals surface area contributed by atoms with Crippen LogP contribution in [0.25, 0.3) is 0 Å². The van der Waals surface area contributed by atoms with Gasteiger partial charge in [-0.25, -0.2) is 17.9 Å². The van der Waals surface area contributed by atoms with Gasteiger partial charge in [0.25, 0.3) is 0 Å². The lowest BCUT2D eigenvalue weighted by Gasteiger charge is -2.27. The van der Waals surface area contributed by atoms with Crippen LogP contribution in [0, 0.1) is 0 Å². The van der Waals surface area contributed by atoms with Gasteiger partial charge in [-0.3, -0.25) is 4.68 Å². The molecule has 0 radical (unpaired) electrons. The minimum Gasteiger partial charge on any atom is -0.374 e. The van der Waals surface area contributed by atoms with Crippen molar-refractivity contribution in [1.29, 1.82) is 0 Å². The number of aryl methyl sites for hydroxylation is 1. The summed E-state index contributed by atoms with van der Waals surface area (Å²) in [7, 11) is -1.96. The van der Waals surface area contributed by atoms with E-state index in [4.69, 9.17) is 4.74 Å². The van der Waals surface area contributed by atoms with E-state index in [0.717, 1.165) is 30.6 Å². The lowest BCUT2D eigenvalue weighted by Crippen LogP contribution is -2.53. The number of ether oxygens (including phenoxy) is 1. The fraction of sp³-hybridized carbons (Fsp3) is 0.545. The van der Waals surface area contributed by atoms with Gasteiger partial charge in [0.1, 0.15) is 29.6 Å². The van der Waals surface area contributed by atoms with E-state index in [9.17, 15) is 18.0 Å². The molecule has 176 valence electrons. The molecule has 2 aliphatic heterocycles. The number of carbonyl (C=O) groups excluding carboxylic acids is 2. The summed E-state index contributed by atoms with van der Waals surface area (Å²) in [5.74, 6) is -0.510. The van der Waals surface area contributed by atoms with Crippen molar-refractivity contribution in [2.24, 2.45) is 7.05 Å². The predicted molar refractivity (Wildman–Crippen MR) is 119 cm³/mol. The molecule has 2 unspecified atom stereocenters. The van der Waals surface area contributed by atoms with Gasteiger partial charge in [0.05, 0.1) is 12.3 Å². The van der Waals surface area contributed by atoms with Crippen LogP contribution in [0.5, 0.6) is 0 Å². The molecule has 4 aliphatic rings. The van der Waals surface area contributed by atoms with E-state index in [0.29, 0.717) is 24.4 Å². The molecule has 10 nitrogen and oxygen atoms in total. The molecule has 1 aromatic rings. The number of imide groups is 1. The number of fused-ring (bicyclic) bond motifs is 1. The van der Waals surface area contributed by atoms with Crippen molar-refractivity contribution < 1.29 is 27.3 Å². The number of nitrogens with one attached hydrogen (secondary N) is 1.